The zero-order valence-corrected chi connectivity index (χ0v) is 16.3. The number of aryl methyl sites for hydroxylation is 2. The van der Waals surface area contributed by atoms with Crippen molar-refractivity contribution in [2.75, 3.05) is 4.72 Å². The lowest BCUT2D eigenvalue weighted by Crippen LogP contribution is -2.13. The highest BCUT2D eigenvalue weighted by Gasteiger charge is 2.16. The van der Waals surface area contributed by atoms with E-state index < -0.39 is 10.0 Å². The van der Waals surface area contributed by atoms with Crippen molar-refractivity contribution in [3.8, 4) is 11.1 Å². The molecule has 0 aliphatic rings. The molecule has 142 valence electrons. The predicted molar refractivity (Wildman–Crippen MR) is 110 cm³/mol. The van der Waals surface area contributed by atoms with Crippen LogP contribution in [-0.4, -0.2) is 13.4 Å². The number of anilines is 1. The number of sulfonamides is 1. The Balaban J connectivity index is 1.75. The Hall–Kier alpha value is -3.12. The van der Waals surface area contributed by atoms with E-state index in [-0.39, 0.29) is 10.7 Å². The van der Waals surface area contributed by atoms with E-state index in [4.69, 9.17) is 0 Å². The van der Waals surface area contributed by atoms with Gasteiger partial charge in [0.05, 0.1) is 4.90 Å². The summed E-state index contributed by atoms with van der Waals surface area (Å²) in [5.74, 6) is -0.317. The minimum absolute atomic E-state index is 0.203. The van der Waals surface area contributed by atoms with Crippen LogP contribution < -0.4 is 4.72 Å². The third kappa shape index (κ3) is 3.39. The average Bonchev–Trinajstić information content (AvgIpc) is 3.06. The first-order chi connectivity index (χ1) is 13.3. The zero-order valence-electron chi connectivity index (χ0n) is 15.5. The van der Waals surface area contributed by atoms with Crippen molar-refractivity contribution >= 4 is 26.6 Å². The lowest BCUT2D eigenvalue weighted by atomic mass is 9.99. The van der Waals surface area contributed by atoms with Crippen molar-refractivity contribution in [3.05, 3.63) is 83.8 Å². The van der Waals surface area contributed by atoms with E-state index >= 15 is 0 Å². The summed E-state index contributed by atoms with van der Waals surface area (Å²) in [5, 5.41) is 0.752. The van der Waals surface area contributed by atoms with Crippen LogP contribution >= 0.6 is 0 Å². The summed E-state index contributed by atoms with van der Waals surface area (Å²) in [7, 11) is -3.70. The Morgan fingerprint density at radius 3 is 2.39 bits per heavy atom. The van der Waals surface area contributed by atoms with Crippen LogP contribution in [0.15, 0.2) is 71.8 Å². The molecule has 0 saturated heterocycles. The Morgan fingerprint density at radius 1 is 0.893 bits per heavy atom. The van der Waals surface area contributed by atoms with Gasteiger partial charge < -0.3 is 4.98 Å². The fourth-order valence-electron chi connectivity index (χ4n) is 3.22. The summed E-state index contributed by atoms with van der Waals surface area (Å²) in [6, 6.07) is 16.6. The van der Waals surface area contributed by atoms with Crippen molar-refractivity contribution in [1.29, 1.82) is 0 Å². The lowest BCUT2D eigenvalue weighted by Gasteiger charge is -2.12. The molecular formula is C22H19FN2O2S. The second kappa shape index (κ2) is 6.80. The second-order valence-corrected chi connectivity index (χ2v) is 8.52. The molecule has 0 aliphatic heterocycles. The van der Waals surface area contributed by atoms with E-state index in [1.807, 2.05) is 26.1 Å². The number of benzene rings is 3. The third-order valence-electron chi connectivity index (χ3n) is 4.76. The van der Waals surface area contributed by atoms with Crippen molar-refractivity contribution in [1.82, 2.24) is 4.98 Å². The molecule has 0 saturated carbocycles. The van der Waals surface area contributed by atoms with Crippen molar-refractivity contribution in [2.45, 2.75) is 18.7 Å². The van der Waals surface area contributed by atoms with Gasteiger partial charge in [-0.1, -0.05) is 23.8 Å². The van der Waals surface area contributed by atoms with Crippen LogP contribution in [-0.2, 0) is 10.0 Å². The molecule has 4 aromatic rings. The maximum absolute atomic E-state index is 13.7. The summed E-state index contributed by atoms with van der Waals surface area (Å²) >= 11 is 0. The average molecular weight is 394 g/mol. The van der Waals surface area contributed by atoms with Gasteiger partial charge in [0.25, 0.3) is 10.0 Å². The molecule has 0 spiro atoms. The van der Waals surface area contributed by atoms with Gasteiger partial charge in [0.1, 0.15) is 5.82 Å². The van der Waals surface area contributed by atoms with Gasteiger partial charge in [0.15, 0.2) is 0 Å². The fraction of sp³-hybridized carbons (Fsp3) is 0.0909. The number of fused-ring (bicyclic) bond motifs is 1. The second-order valence-electron chi connectivity index (χ2n) is 6.84. The Labute approximate surface area is 163 Å². The van der Waals surface area contributed by atoms with Crippen LogP contribution in [0.4, 0.5) is 10.1 Å². The van der Waals surface area contributed by atoms with Crippen molar-refractivity contribution in [3.63, 3.8) is 0 Å². The molecule has 0 fully saturated rings. The largest absolute Gasteiger partial charge is 0.361 e. The van der Waals surface area contributed by atoms with E-state index in [2.05, 4.69) is 9.71 Å². The minimum Gasteiger partial charge on any atom is -0.361 e. The molecule has 1 aromatic heterocycles. The van der Waals surface area contributed by atoms with E-state index in [0.29, 0.717) is 5.69 Å². The molecule has 0 amide bonds. The molecule has 3 aromatic carbocycles. The van der Waals surface area contributed by atoms with Gasteiger partial charge in [0.2, 0.25) is 0 Å². The van der Waals surface area contributed by atoms with Crippen LogP contribution in [0.25, 0.3) is 22.0 Å². The van der Waals surface area contributed by atoms with Crippen molar-refractivity contribution < 1.29 is 12.8 Å². The first kappa shape index (κ1) is 18.3. The SMILES string of the molecule is Cc1ccc(S(=O)(=O)Nc2ccc(C)c(-c3c[nH]c4ccc(F)cc34)c2)cc1. The van der Waals surface area contributed by atoms with Gasteiger partial charge in [-0.15, -0.1) is 0 Å². The highest BCUT2D eigenvalue weighted by Crippen LogP contribution is 2.33. The van der Waals surface area contributed by atoms with Gasteiger partial charge in [-0.05, 0) is 67.4 Å². The quantitative estimate of drug-likeness (QED) is 0.487. The topological polar surface area (TPSA) is 62.0 Å². The standard InChI is InChI=1S/C22H19FN2O2S/c1-14-3-8-18(9-4-14)28(26,27)25-17-7-5-15(2)19(12-17)21-13-24-22-10-6-16(23)11-20(21)22/h3-13,24-25H,1-2H3. The maximum Gasteiger partial charge on any atom is 0.261 e. The monoisotopic (exact) mass is 394 g/mol. The van der Waals surface area contributed by atoms with E-state index in [9.17, 15) is 12.8 Å². The van der Waals surface area contributed by atoms with Crippen LogP contribution in [0.1, 0.15) is 11.1 Å². The van der Waals surface area contributed by atoms with Gasteiger partial charge >= 0.3 is 0 Å². The van der Waals surface area contributed by atoms with E-state index in [1.165, 1.54) is 12.1 Å². The molecule has 28 heavy (non-hydrogen) atoms. The molecule has 6 heteroatoms. The van der Waals surface area contributed by atoms with Crippen LogP contribution in [0.2, 0.25) is 0 Å². The number of H-pyrrole nitrogens is 1. The van der Waals surface area contributed by atoms with Crippen molar-refractivity contribution in [2.24, 2.45) is 0 Å². The molecular weight excluding hydrogens is 375 g/mol. The number of hydrogen-bond donors (Lipinski definition) is 2. The number of halogens is 1. The Kier molecular flexibility index (Phi) is 4.43. The highest BCUT2D eigenvalue weighted by molar-refractivity contribution is 7.92. The summed E-state index contributed by atoms with van der Waals surface area (Å²) in [5.41, 5.74) is 4.88. The number of rotatable bonds is 4. The van der Waals surface area contributed by atoms with E-state index in [1.54, 1.807) is 42.5 Å². The summed E-state index contributed by atoms with van der Waals surface area (Å²) in [6.07, 6.45) is 1.81. The molecule has 2 N–H and O–H groups in total. The number of aromatic amines is 1. The van der Waals surface area contributed by atoms with Gasteiger partial charge in [-0.2, -0.15) is 0 Å². The number of hydrogen-bond acceptors (Lipinski definition) is 2. The molecule has 0 radical (unpaired) electrons. The summed E-state index contributed by atoms with van der Waals surface area (Å²) in [4.78, 5) is 3.34. The normalized spacial score (nSPS) is 11.7. The number of aromatic nitrogens is 1. The Morgan fingerprint density at radius 2 is 1.64 bits per heavy atom. The van der Waals surface area contributed by atoms with Crippen LogP contribution in [0.5, 0.6) is 0 Å². The smallest absolute Gasteiger partial charge is 0.261 e. The molecule has 0 unspecified atom stereocenters. The first-order valence-corrected chi connectivity index (χ1v) is 10.3. The zero-order chi connectivity index (χ0) is 19.9. The number of nitrogens with one attached hydrogen (secondary N) is 2. The molecule has 0 atom stereocenters. The van der Waals surface area contributed by atoms with Crippen LogP contribution in [0.3, 0.4) is 0 Å². The van der Waals surface area contributed by atoms with Gasteiger partial charge in [0, 0.05) is 28.4 Å². The molecule has 0 bridgehead atoms. The highest BCUT2D eigenvalue weighted by atomic mass is 32.2. The van der Waals surface area contributed by atoms with Gasteiger partial charge in [-0.25, -0.2) is 12.8 Å². The fourth-order valence-corrected chi connectivity index (χ4v) is 4.27. The minimum atomic E-state index is -3.70. The Bertz CT molecular complexity index is 1280. The molecule has 0 aliphatic carbocycles. The lowest BCUT2D eigenvalue weighted by molar-refractivity contribution is 0.601. The third-order valence-corrected chi connectivity index (χ3v) is 6.15. The van der Waals surface area contributed by atoms with Gasteiger partial charge in [-0.3, -0.25) is 4.72 Å². The van der Waals surface area contributed by atoms with E-state index in [0.717, 1.165) is 33.2 Å². The maximum atomic E-state index is 13.7. The molecule has 4 nitrogen and oxygen atoms in total. The summed E-state index contributed by atoms with van der Waals surface area (Å²) < 4.78 is 41.7. The van der Waals surface area contributed by atoms with Crippen LogP contribution in [0, 0.1) is 19.7 Å². The summed E-state index contributed by atoms with van der Waals surface area (Å²) in [6.45, 7) is 3.84. The molecule has 4 rings (SSSR count). The predicted octanol–water partition coefficient (Wildman–Crippen LogP) is 5.39. The first-order valence-electron chi connectivity index (χ1n) is 8.81. The molecule has 1 heterocycles.